The van der Waals surface area contributed by atoms with Gasteiger partial charge in [-0.3, -0.25) is 4.79 Å². The minimum Gasteiger partial charge on any atom is -0.391 e. The van der Waals surface area contributed by atoms with Gasteiger partial charge in [0.2, 0.25) is 5.91 Å². The molecule has 94 valence electrons. The zero-order valence-corrected chi connectivity index (χ0v) is 10.3. The Balaban J connectivity index is 2.28. The molecular formula is C12H24N2O2. The number of aliphatic hydroxyl groups is 1. The number of hydrogen-bond acceptors (Lipinski definition) is 3. The molecule has 1 fully saturated rings. The molecule has 0 aliphatic heterocycles. The summed E-state index contributed by atoms with van der Waals surface area (Å²) >= 11 is 0. The maximum Gasteiger partial charge on any atom is 0.220 e. The fourth-order valence-electron chi connectivity index (χ4n) is 1.99. The highest BCUT2D eigenvalue weighted by molar-refractivity contribution is 5.76. The van der Waals surface area contributed by atoms with E-state index in [1.807, 2.05) is 13.8 Å². The smallest absolute Gasteiger partial charge is 0.220 e. The number of nitrogens with one attached hydrogen (secondary N) is 1. The number of nitrogens with two attached hydrogens (primary N) is 1. The zero-order valence-electron chi connectivity index (χ0n) is 10.3. The van der Waals surface area contributed by atoms with E-state index in [0.29, 0.717) is 12.8 Å². The Morgan fingerprint density at radius 3 is 2.62 bits per heavy atom. The van der Waals surface area contributed by atoms with Gasteiger partial charge in [0.15, 0.2) is 0 Å². The maximum atomic E-state index is 11.6. The van der Waals surface area contributed by atoms with Crippen LogP contribution in [-0.4, -0.2) is 28.7 Å². The first-order chi connectivity index (χ1) is 7.38. The van der Waals surface area contributed by atoms with Crippen molar-refractivity contribution in [1.29, 1.82) is 0 Å². The third-order valence-corrected chi connectivity index (χ3v) is 3.07. The Bertz CT molecular complexity index is 236. The van der Waals surface area contributed by atoms with E-state index in [4.69, 9.17) is 5.73 Å². The van der Waals surface area contributed by atoms with E-state index in [2.05, 4.69) is 5.32 Å². The van der Waals surface area contributed by atoms with Crippen molar-refractivity contribution in [2.24, 2.45) is 5.73 Å². The van der Waals surface area contributed by atoms with E-state index >= 15 is 0 Å². The van der Waals surface area contributed by atoms with Crippen molar-refractivity contribution in [1.82, 2.24) is 5.32 Å². The van der Waals surface area contributed by atoms with Crippen molar-refractivity contribution in [2.75, 3.05) is 0 Å². The Kier molecular flexibility index (Phi) is 4.74. The highest BCUT2D eigenvalue weighted by atomic mass is 16.3. The number of carbonyl (C=O) groups excluding carboxylic acids is 1. The first kappa shape index (κ1) is 13.5. The normalized spacial score (nSPS) is 26.5. The summed E-state index contributed by atoms with van der Waals surface area (Å²) in [5.41, 5.74) is 5.51. The van der Waals surface area contributed by atoms with Gasteiger partial charge in [0.1, 0.15) is 0 Å². The molecule has 2 unspecified atom stereocenters. The van der Waals surface area contributed by atoms with Gasteiger partial charge in [0.25, 0.3) is 0 Å². The molecule has 2 atom stereocenters. The van der Waals surface area contributed by atoms with E-state index in [-0.39, 0.29) is 23.6 Å². The van der Waals surface area contributed by atoms with Crippen molar-refractivity contribution < 1.29 is 9.90 Å². The third kappa shape index (κ3) is 4.94. The second-order valence-corrected chi connectivity index (χ2v) is 5.51. The molecule has 1 aliphatic rings. The highest BCUT2D eigenvalue weighted by Gasteiger charge is 2.24. The molecular weight excluding hydrogens is 204 g/mol. The SMILES string of the molecule is CC(C)(N)CCC(=O)NC1CCCCC1O. The molecule has 0 radical (unpaired) electrons. The standard InChI is InChI=1S/C12H24N2O2/c1-12(2,13)8-7-11(16)14-9-5-3-4-6-10(9)15/h9-10,15H,3-8,13H2,1-2H3,(H,14,16). The van der Waals surface area contributed by atoms with Gasteiger partial charge in [0, 0.05) is 12.0 Å². The molecule has 1 aliphatic carbocycles. The lowest BCUT2D eigenvalue weighted by molar-refractivity contribution is -0.123. The first-order valence-corrected chi connectivity index (χ1v) is 6.15. The van der Waals surface area contributed by atoms with Crippen LogP contribution in [0.4, 0.5) is 0 Å². The van der Waals surface area contributed by atoms with Gasteiger partial charge in [-0.2, -0.15) is 0 Å². The third-order valence-electron chi connectivity index (χ3n) is 3.07. The van der Waals surface area contributed by atoms with Crippen molar-refractivity contribution in [2.45, 2.75) is 70.1 Å². The van der Waals surface area contributed by atoms with Crippen LogP contribution in [-0.2, 0) is 4.79 Å². The van der Waals surface area contributed by atoms with E-state index in [1.165, 1.54) is 0 Å². The van der Waals surface area contributed by atoms with Crippen LogP contribution < -0.4 is 11.1 Å². The Morgan fingerprint density at radius 1 is 1.44 bits per heavy atom. The van der Waals surface area contributed by atoms with Crippen LogP contribution in [0.3, 0.4) is 0 Å². The average Bonchev–Trinajstić information content (AvgIpc) is 2.18. The summed E-state index contributed by atoms with van der Waals surface area (Å²) in [6, 6.07) is -0.0536. The summed E-state index contributed by atoms with van der Waals surface area (Å²) in [7, 11) is 0. The Labute approximate surface area is 97.6 Å². The van der Waals surface area contributed by atoms with Crippen LogP contribution in [0.15, 0.2) is 0 Å². The zero-order chi connectivity index (χ0) is 12.2. The summed E-state index contributed by atoms with van der Waals surface area (Å²) in [6.45, 7) is 3.82. The van der Waals surface area contributed by atoms with Crippen LogP contribution in [0.5, 0.6) is 0 Å². The van der Waals surface area contributed by atoms with E-state index in [0.717, 1.165) is 25.7 Å². The number of amides is 1. The van der Waals surface area contributed by atoms with Crippen molar-refractivity contribution in [3.8, 4) is 0 Å². The summed E-state index contributed by atoms with van der Waals surface area (Å²) in [5, 5.41) is 12.6. The number of carbonyl (C=O) groups is 1. The monoisotopic (exact) mass is 228 g/mol. The fourth-order valence-corrected chi connectivity index (χ4v) is 1.99. The first-order valence-electron chi connectivity index (χ1n) is 6.15. The predicted molar refractivity (Wildman–Crippen MR) is 63.9 cm³/mol. The van der Waals surface area contributed by atoms with E-state index in [1.54, 1.807) is 0 Å². The maximum absolute atomic E-state index is 11.6. The molecule has 1 amide bonds. The van der Waals surface area contributed by atoms with Crippen molar-refractivity contribution in [3.05, 3.63) is 0 Å². The molecule has 0 aromatic heterocycles. The van der Waals surface area contributed by atoms with Crippen LogP contribution in [0.1, 0.15) is 52.4 Å². The van der Waals surface area contributed by atoms with Crippen molar-refractivity contribution in [3.63, 3.8) is 0 Å². The second kappa shape index (κ2) is 5.64. The van der Waals surface area contributed by atoms with Gasteiger partial charge >= 0.3 is 0 Å². The lowest BCUT2D eigenvalue weighted by Gasteiger charge is -2.28. The van der Waals surface area contributed by atoms with Gasteiger partial charge in [0.05, 0.1) is 12.1 Å². The van der Waals surface area contributed by atoms with Crippen molar-refractivity contribution >= 4 is 5.91 Å². The molecule has 4 nitrogen and oxygen atoms in total. The topological polar surface area (TPSA) is 75.4 Å². The largest absolute Gasteiger partial charge is 0.391 e. The molecule has 1 rings (SSSR count). The Hall–Kier alpha value is -0.610. The molecule has 0 heterocycles. The lowest BCUT2D eigenvalue weighted by Crippen LogP contribution is -2.45. The number of rotatable bonds is 4. The Morgan fingerprint density at radius 2 is 2.06 bits per heavy atom. The van der Waals surface area contributed by atoms with Gasteiger partial charge in [-0.25, -0.2) is 0 Å². The molecule has 0 spiro atoms. The van der Waals surface area contributed by atoms with Crippen LogP contribution in [0.25, 0.3) is 0 Å². The van der Waals surface area contributed by atoms with Crippen LogP contribution in [0, 0.1) is 0 Å². The minimum absolute atomic E-state index is 0.00414. The summed E-state index contributed by atoms with van der Waals surface area (Å²) in [6.07, 6.45) is 4.57. The summed E-state index contributed by atoms with van der Waals surface area (Å²) in [5.74, 6) is 0.00414. The quantitative estimate of drug-likeness (QED) is 0.670. The number of hydrogen-bond donors (Lipinski definition) is 3. The predicted octanol–water partition coefficient (Wildman–Crippen LogP) is 0.924. The van der Waals surface area contributed by atoms with Gasteiger partial charge in [-0.15, -0.1) is 0 Å². The van der Waals surface area contributed by atoms with Gasteiger partial charge in [-0.05, 0) is 33.1 Å². The van der Waals surface area contributed by atoms with Crippen LogP contribution in [0.2, 0.25) is 0 Å². The van der Waals surface area contributed by atoms with E-state index in [9.17, 15) is 9.90 Å². The summed E-state index contributed by atoms with van der Waals surface area (Å²) < 4.78 is 0. The number of aliphatic hydroxyl groups excluding tert-OH is 1. The minimum atomic E-state index is -0.372. The van der Waals surface area contributed by atoms with E-state index < -0.39 is 0 Å². The molecule has 4 heteroatoms. The fraction of sp³-hybridized carbons (Fsp3) is 0.917. The molecule has 1 saturated carbocycles. The lowest BCUT2D eigenvalue weighted by atomic mass is 9.92. The molecule has 0 aromatic carbocycles. The molecule has 16 heavy (non-hydrogen) atoms. The van der Waals surface area contributed by atoms with Crippen LogP contribution >= 0.6 is 0 Å². The van der Waals surface area contributed by atoms with Gasteiger partial charge in [-0.1, -0.05) is 12.8 Å². The second-order valence-electron chi connectivity index (χ2n) is 5.51. The highest BCUT2D eigenvalue weighted by Crippen LogP contribution is 2.18. The summed E-state index contributed by atoms with van der Waals surface area (Å²) in [4.78, 5) is 11.6. The van der Waals surface area contributed by atoms with Gasteiger partial charge < -0.3 is 16.2 Å². The average molecular weight is 228 g/mol. The molecule has 0 bridgehead atoms. The molecule has 0 saturated heterocycles. The molecule has 4 N–H and O–H groups in total. The molecule has 0 aromatic rings.